The maximum atomic E-state index is 11.9. The smallest absolute Gasteiger partial charge is 0.295 e. The molecule has 106 valence electrons. The maximum Gasteiger partial charge on any atom is 0.295 e. The van der Waals surface area contributed by atoms with E-state index in [9.17, 15) is 9.90 Å². The first-order valence-corrected chi connectivity index (χ1v) is 6.95. The summed E-state index contributed by atoms with van der Waals surface area (Å²) >= 11 is 0. The standard InChI is InChI=1S/C15H16BN3O2/c1-2-19-14(17-6-13(20)15(19)21)9-18-7-10-3-4-12(16)5-11(10)8-18/h3-6,20H,2,7-9H2,1H3. The van der Waals surface area contributed by atoms with Gasteiger partial charge < -0.3 is 5.11 Å². The summed E-state index contributed by atoms with van der Waals surface area (Å²) in [6.07, 6.45) is 1.23. The van der Waals surface area contributed by atoms with Crippen LogP contribution in [-0.4, -0.2) is 27.4 Å². The molecule has 0 aliphatic carbocycles. The highest BCUT2D eigenvalue weighted by molar-refractivity contribution is 6.32. The molecular formula is C15H16BN3O2. The van der Waals surface area contributed by atoms with Gasteiger partial charge in [0.2, 0.25) is 0 Å². The summed E-state index contributed by atoms with van der Waals surface area (Å²) in [6, 6.07) is 5.94. The summed E-state index contributed by atoms with van der Waals surface area (Å²) in [5.74, 6) is 0.360. The lowest BCUT2D eigenvalue weighted by Gasteiger charge is -2.17. The first kappa shape index (κ1) is 13.9. The molecule has 0 spiro atoms. The molecule has 1 aromatic heterocycles. The number of aromatic hydroxyl groups is 1. The molecule has 5 nitrogen and oxygen atoms in total. The fourth-order valence-corrected chi connectivity index (χ4v) is 2.77. The van der Waals surface area contributed by atoms with E-state index in [1.807, 2.05) is 25.1 Å². The van der Waals surface area contributed by atoms with E-state index in [4.69, 9.17) is 7.85 Å². The minimum Gasteiger partial charge on any atom is -0.502 e. The van der Waals surface area contributed by atoms with Crippen LogP contribution in [0.25, 0.3) is 0 Å². The molecule has 1 N–H and O–H groups in total. The summed E-state index contributed by atoms with van der Waals surface area (Å²) in [7, 11) is 5.81. The van der Waals surface area contributed by atoms with Crippen LogP contribution in [0.1, 0.15) is 23.9 Å². The molecule has 0 saturated heterocycles. The molecule has 1 aliphatic heterocycles. The van der Waals surface area contributed by atoms with Gasteiger partial charge in [0.25, 0.3) is 5.56 Å². The summed E-state index contributed by atoms with van der Waals surface area (Å²) in [5.41, 5.74) is 2.86. The zero-order valence-electron chi connectivity index (χ0n) is 11.9. The van der Waals surface area contributed by atoms with E-state index >= 15 is 0 Å². The Morgan fingerprint density at radius 1 is 1.33 bits per heavy atom. The first-order chi connectivity index (χ1) is 10.1. The molecule has 1 aliphatic rings. The Hall–Kier alpha value is -2.08. The minimum atomic E-state index is -0.386. The summed E-state index contributed by atoms with van der Waals surface area (Å²) in [5, 5.41) is 9.47. The molecule has 0 atom stereocenters. The third kappa shape index (κ3) is 2.59. The Balaban J connectivity index is 1.84. The van der Waals surface area contributed by atoms with Crippen molar-refractivity contribution in [2.75, 3.05) is 0 Å². The molecule has 3 rings (SSSR count). The lowest BCUT2D eigenvalue weighted by molar-refractivity contribution is 0.261. The first-order valence-electron chi connectivity index (χ1n) is 6.95. The van der Waals surface area contributed by atoms with Crippen LogP contribution in [-0.2, 0) is 26.2 Å². The second-order valence-corrected chi connectivity index (χ2v) is 5.28. The molecule has 1 aromatic carbocycles. The molecule has 2 radical (unpaired) electrons. The Labute approximate surface area is 124 Å². The van der Waals surface area contributed by atoms with Crippen molar-refractivity contribution < 1.29 is 5.11 Å². The highest BCUT2D eigenvalue weighted by Gasteiger charge is 2.20. The molecule has 2 heterocycles. The van der Waals surface area contributed by atoms with Crippen molar-refractivity contribution in [1.29, 1.82) is 0 Å². The van der Waals surface area contributed by atoms with Gasteiger partial charge in [-0.2, -0.15) is 0 Å². The monoisotopic (exact) mass is 281 g/mol. The number of nitrogens with zero attached hydrogens (tertiary/aromatic N) is 3. The Bertz CT molecular complexity index is 742. The topological polar surface area (TPSA) is 58.4 Å². The predicted octanol–water partition coefficient (Wildman–Crippen LogP) is 0.278. The van der Waals surface area contributed by atoms with Gasteiger partial charge in [-0.3, -0.25) is 14.3 Å². The molecule has 0 saturated carbocycles. The Kier molecular flexibility index (Phi) is 3.55. The average molecular weight is 281 g/mol. The number of aromatic nitrogens is 2. The van der Waals surface area contributed by atoms with Crippen LogP contribution in [0.5, 0.6) is 5.75 Å². The minimum absolute atomic E-state index is 0.307. The lowest BCUT2D eigenvalue weighted by atomic mass is 9.93. The van der Waals surface area contributed by atoms with Crippen LogP contribution >= 0.6 is 0 Å². The van der Waals surface area contributed by atoms with Crippen molar-refractivity contribution in [2.24, 2.45) is 0 Å². The van der Waals surface area contributed by atoms with Gasteiger partial charge in [-0.1, -0.05) is 23.7 Å². The normalized spacial score (nSPS) is 14.3. The molecule has 0 amide bonds. The van der Waals surface area contributed by atoms with E-state index in [1.54, 1.807) is 0 Å². The van der Waals surface area contributed by atoms with Crippen LogP contribution < -0.4 is 11.0 Å². The number of hydrogen-bond donors (Lipinski definition) is 1. The van der Waals surface area contributed by atoms with Crippen molar-refractivity contribution in [3.05, 3.63) is 51.7 Å². The fraction of sp³-hybridized carbons (Fsp3) is 0.333. The van der Waals surface area contributed by atoms with Crippen LogP contribution in [0.2, 0.25) is 0 Å². The van der Waals surface area contributed by atoms with E-state index in [1.165, 1.54) is 21.9 Å². The van der Waals surface area contributed by atoms with Crippen molar-refractivity contribution in [1.82, 2.24) is 14.5 Å². The predicted molar refractivity (Wildman–Crippen MR) is 80.6 cm³/mol. The number of hydrogen-bond acceptors (Lipinski definition) is 4. The Morgan fingerprint density at radius 2 is 2.10 bits per heavy atom. The van der Waals surface area contributed by atoms with Crippen LogP contribution in [0, 0.1) is 0 Å². The van der Waals surface area contributed by atoms with Gasteiger partial charge in [0.1, 0.15) is 13.7 Å². The van der Waals surface area contributed by atoms with Gasteiger partial charge in [0.15, 0.2) is 5.75 Å². The third-order valence-corrected chi connectivity index (χ3v) is 3.81. The maximum absolute atomic E-state index is 11.9. The molecule has 0 unspecified atom stereocenters. The van der Waals surface area contributed by atoms with Crippen molar-refractivity contribution >= 4 is 13.3 Å². The van der Waals surface area contributed by atoms with Crippen molar-refractivity contribution in [3.8, 4) is 5.75 Å². The molecule has 2 aromatic rings. The zero-order chi connectivity index (χ0) is 15.0. The number of benzene rings is 1. The van der Waals surface area contributed by atoms with Gasteiger partial charge in [0.05, 0.1) is 12.7 Å². The van der Waals surface area contributed by atoms with Gasteiger partial charge in [-0.05, 0) is 18.1 Å². The second kappa shape index (κ2) is 5.37. The summed E-state index contributed by atoms with van der Waals surface area (Å²) < 4.78 is 1.51. The van der Waals surface area contributed by atoms with E-state index in [2.05, 4.69) is 9.88 Å². The van der Waals surface area contributed by atoms with E-state index in [0.29, 0.717) is 18.9 Å². The average Bonchev–Trinajstić information content (AvgIpc) is 2.84. The highest BCUT2D eigenvalue weighted by atomic mass is 16.3. The molecule has 0 fully saturated rings. The third-order valence-electron chi connectivity index (χ3n) is 3.81. The van der Waals surface area contributed by atoms with Crippen LogP contribution in [0.15, 0.2) is 29.2 Å². The van der Waals surface area contributed by atoms with Crippen molar-refractivity contribution in [3.63, 3.8) is 0 Å². The molecule has 21 heavy (non-hydrogen) atoms. The largest absolute Gasteiger partial charge is 0.502 e. The molecule has 0 bridgehead atoms. The van der Waals surface area contributed by atoms with Crippen molar-refractivity contribution in [2.45, 2.75) is 33.1 Å². The Morgan fingerprint density at radius 3 is 2.86 bits per heavy atom. The van der Waals surface area contributed by atoms with E-state index in [0.717, 1.165) is 18.6 Å². The van der Waals surface area contributed by atoms with Gasteiger partial charge in [-0.25, -0.2) is 4.98 Å². The van der Waals surface area contributed by atoms with Gasteiger partial charge in [0, 0.05) is 19.6 Å². The van der Waals surface area contributed by atoms with Crippen LogP contribution in [0.4, 0.5) is 0 Å². The lowest BCUT2D eigenvalue weighted by Crippen LogP contribution is -2.28. The van der Waals surface area contributed by atoms with Gasteiger partial charge >= 0.3 is 0 Å². The van der Waals surface area contributed by atoms with E-state index in [-0.39, 0.29) is 11.3 Å². The molecule has 6 heteroatoms. The summed E-state index contributed by atoms with van der Waals surface area (Å²) in [4.78, 5) is 18.3. The molecular weight excluding hydrogens is 265 g/mol. The van der Waals surface area contributed by atoms with E-state index < -0.39 is 0 Å². The fourth-order valence-electron chi connectivity index (χ4n) is 2.77. The zero-order valence-corrected chi connectivity index (χ0v) is 11.9. The van der Waals surface area contributed by atoms with Crippen LogP contribution in [0.3, 0.4) is 0 Å². The highest BCUT2D eigenvalue weighted by Crippen LogP contribution is 2.22. The quantitative estimate of drug-likeness (QED) is 0.821. The SMILES string of the molecule is [B]c1ccc2c(c1)CN(Cc1ncc(O)c(=O)n1CC)C2. The number of rotatable bonds is 3. The number of fused-ring (bicyclic) bond motifs is 1. The van der Waals surface area contributed by atoms with Gasteiger partial charge in [-0.15, -0.1) is 0 Å². The summed E-state index contributed by atoms with van der Waals surface area (Å²) in [6.45, 7) is 4.53. The second-order valence-electron chi connectivity index (χ2n) is 5.28.